The van der Waals surface area contributed by atoms with Crippen molar-refractivity contribution in [2.24, 2.45) is 0 Å². The van der Waals surface area contributed by atoms with E-state index in [2.05, 4.69) is 79.1 Å². The molecule has 0 bridgehead atoms. The van der Waals surface area contributed by atoms with Gasteiger partial charge in [0.1, 0.15) is 6.61 Å². The molecule has 8 nitrogen and oxygen atoms in total. The van der Waals surface area contributed by atoms with Crippen molar-refractivity contribution in [1.82, 2.24) is 0 Å². The lowest BCUT2D eigenvalue weighted by Crippen LogP contribution is -2.29. The first-order chi connectivity index (χ1) is 24.3. The predicted octanol–water partition coefficient (Wildman–Crippen LogP) is 12.0. The van der Waals surface area contributed by atoms with Crippen molar-refractivity contribution >= 4 is 19.8 Å². The first kappa shape index (κ1) is 47.8. The molecular formula is C41H71O8P. The first-order valence-corrected chi connectivity index (χ1v) is 21.0. The van der Waals surface area contributed by atoms with E-state index in [-0.39, 0.29) is 19.4 Å². The minimum atomic E-state index is -4.27. The summed E-state index contributed by atoms with van der Waals surface area (Å²) in [5.74, 6) is -0.867. The Kier molecular flexibility index (Phi) is 34.9. The van der Waals surface area contributed by atoms with Gasteiger partial charge in [-0.25, -0.2) is 4.57 Å². The Hall–Kier alpha value is -2.25. The summed E-state index contributed by atoms with van der Waals surface area (Å²) in [4.78, 5) is 34.3. The van der Waals surface area contributed by atoms with Crippen molar-refractivity contribution in [2.75, 3.05) is 20.3 Å². The Labute approximate surface area is 305 Å². The Morgan fingerprint density at radius 2 is 1.02 bits per heavy atom. The number of hydrogen-bond donors (Lipinski definition) is 1. The molecule has 0 amide bonds. The topological polar surface area (TPSA) is 108 Å². The molecule has 0 aliphatic rings. The third-order valence-corrected chi connectivity index (χ3v) is 8.93. The van der Waals surface area contributed by atoms with E-state index in [4.69, 9.17) is 14.0 Å². The summed E-state index contributed by atoms with van der Waals surface area (Å²) in [7, 11) is -3.22. The molecular weight excluding hydrogens is 651 g/mol. The summed E-state index contributed by atoms with van der Waals surface area (Å²) in [5.41, 5.74) is 0. The lowest BCUT2D eigenvalue weighted by atomic mass is 10.1. The molecule has 1 N–H and O–H groups in total. The third-order valence-electron chi connectivity index (χ3n) is 8.00. The molecule has 2 unspecified atom stereocenters. The molecule has 50 heavy (non-hydrogen) atoms. The second-order valence-corrected chi connectivity index (χ2v) is 14.2. The summed E-state index contributed by atoms with van der Waals surface area (Å²) < 4.78 is 31.8. The van der Waals surface area contributed by atoms with Crippen molar-refractivity contribution < 1.29 is 37.6 Å². The second-order valence-electron chi connectivity index (χ2n) is 12.7. The molecule has 0 aromatic rings. The van der Waals surface area contributed by atoms with Crippen LogP contribution in [0.4, 0.5) is 0 Å². The highest BCUT2D eigenvalue weighted by Crippen LogP contribution is 2.42. The molecule has 0 rings (SSSR count). The average Bonchev–Trinajstić information content (AvgIpc) is 3.10. The Morgan fingerprint density at radius 3 is 1.58 bits per heavy atom. The van der Waals surface area contributed by atoms with Crippen molar-refractivity contribution in [3.05, 3.63) is 60.8 Å². The van der Waals surface area contributed by atoms with Gasteiger partial charge in [0.25, 0.3) is 0 Å². The van der Waals surface area contributed by atoms with Gasteiger partial charge in [-0.05, 0) is 77.0 Å². The molecule has 0 fully saturated rings. The maximum Gasteiger partial charge on any atom is 0.472 e. The summed E-state index contributed by atoms with van der Waals surface area (Å²) in [6.45, 7) is 3.71. The molecule has 2 atom stereocenters. The molecule has 0 saturated carbocycles. The number of hydrogen-bond acceptors (Lipinski definition) is 7. The van der Waals surface area contributed by atoms with E-state index in [9.17, 15) is 19.0 Å². The molecule has 9 heteroatoms. The second kappa shape index (κ2) is 36.5. The van der Waals surface area contributed by atoms with Gasteiger partial charge in [-0.2, -0.15) is 0 Å². The zero-order valence-electron chi connectivity index (χ0n) is 31.8. The molecule has 0 aromatic carbocycles. The van der Waals surface area contributed by atoms with Gasteiger partial charge >= 0.3 is 19.8 Å². The van der Waals surface area contributed by atoms with Gasteiger partial charge in [0.15, 0.2) is 6.10 Å². The maximum atomic E-state index is 12.4. The van der Waals surface area contributed by atoms with Crippen molar-refractivity contribution in [3.63, 3.8) is 0 Å². The lowest BCUT2D eigenvalue weighted by Gasteiger charge is -2.19. The van der Waals surface area contributed by atoms with Gasteiger partial charge in [-0.3, -0.25) is 18.6 Å². The number of carbonyl (C=O) groups excluding carboxylic acids is 2. The number of phosphoric ester groups is 1. The number of unbranched alkanes of at least 4 members (excludes halogenated alkanes) is 14. The molecule has 0 heterocycles. The van der Waals surface area contributed by atoms with Crippen molar-refractivity contribution in [2.45, 2.75) is 168 Å². The summed E-state index contributed by atoms with van der Waals surface area (Å²) in [5, 5.41) is 0. The summed E-state index contributed by atoms with van der Waals surface area (Å²) in [6.07, 6.45) is 44.2. The van der Waals surface area contributed by atoms with Crippen LogP contribution in [0.1, 0.15) is 162 Å². The Morgan fingerprint density at radius 1 is 0.580 bits per heavy atom. The normalized spacial score (nSPS) is 14.1. The third kappa shape index (κ3) is 35.6. The number of phosphoric acid groups is 1. The summed E-state index contributed by atoms with van der Waals surface area (Å²) in [6, 6.07) is 0. The van der Waals surface area contributed by atoms with Crippen molar-refractivity contribution in [1.29, 1.82) is 0 Å². The number of ether oxygens (including phenoxy) is 2. The largest absolute Gasteiger partial charge is 0.472 e. The molecule has 0 aliphatic heterocycles. The van der Waals surface area contributed by atoms with Crippen LogP contribution in [-0.2, 0) is 32.7 Å². The van der Waals surface area contributed by atoms with E-state index in [1.54, 1.807) is 0 Å². The minimum absolute atomic E-state index is 0.189. The number of rotatable bonds is 35. The average molecular weight is 723 g/mol. The van der Waals surface area contributed by atoms with Crippen molar-refractivity contribution in [3.8, 4) is 0 Å². The fraction of sp³-hybridized carbons (Fsp3) is 0.707. The first-order valence-electron chi connectivity index (χ1n) is 19.5. The standard InChI is InChI=1S/C41H71O8P/c1-4-6-8-10-12-14-16-18-20-22-23-25-27-29-31-33-35-40(42)47-37-39(38-48-50(44,45)46-3)49-41(43)36-34-32-30-28-26-24-21-19-17-15-13-11-9-7-5-2/h7,9,13,15,19-22,26,28,39H,4-6,8,10-12,14,16-18,23-25,27,29-38H2,1-3H3,(H,44,45)/b9-7-,15-13-,21-19-,22-20-,28-26-. The van der Waals surface area contributed by atoms with E-state index in [0.29, 0.717) is 6.42 Å². The van der Waals surface area contributed by atoms with Gasteiger partial charge in [0.2, 0.25) is 0 Å². The molecule has 0 saturated heterocycles. The van der Waals surface area contributed by atoms with Crippen LogP contribution in [0, 0.1) is 0 Å². The molecule has 0 aromatic heterocycles. The van der Waals surface area contributed by atoms with Crippen LogP contribution in [0.15, 0.2) is 60.8 Å². The highest BCUT2D eigenvalue weighted by atomic mass is 31.2. The van der Waals surface area contributed by atoms with E-state index >= 15 is 0 Å². The predicted molar refractivity (Wildman–Crippen MR) is 207 cm³/mol. The minimum Gasteiger partial charge on any atom is -0.462 e. The highest BCUT2D eigenvalue weighted by Gasteiger charge is 2.24. The number of allylic oxidation sites excluding steroid dienone is 10. The smallest absolute Gasteiger partial charge is 0.462 e. The van der Waals surface area contributed by atoms with Gasteiger partial charge in [-0.15, -0.1) is 0 Å². The molecule has 0 aliphatic carbocycles. The van der Waals surface area contributed by atoms with Crippen LogP contribution in [-0.4, -0.2) is 43.3 Å². The fourth-order valence-electron chi connectivity index (χ4n) is 5.00. The molecule has 288 valence electrons. The number of esters is 2. The number of carbonyl (C=O) groups is 2. The highest BCUT2D eigenvalue weighted by molar-refractivity contribution is 7.47. The van der Waals surface area contributed by atoms with Gasteiger partial charge < -0.3 is 14.4 Å². The Bertz CT molecular complexity index is 1000. The quantitative estimate of drug-likeness (QED) is 0.0298. The molecule has 0 radical (unpaired) electrons. The molecule has 0 spiro atoms. The van der Waals surface area contributed by atoms with Gasteiger partial charge in [0, 0.05) is 20.0 Å². The van der Waals surface area contributed by atoms with Crippen LogP contribution in [0.5, 0.6) is 0 Å². The van der Waals surface area contributed by atoms with E-state index in [1.165, 1.54) is 51.4 Å². The maximum absolute atomic E-state index is 12.4. The van der Waals surface area contributed by atoms with Crippen LogP contribution in [0.25, 0.3) is 0 Å². The van der Waals surface area contributed by atoms with E-state index < -0.39 is 32.5 Å². The van der Waals surface area contributed by atoms with Crippen LogP contribution in [0.2, 0.25) is 0 Å². The fourth-order valence-corrected chi connectivity index (χ4v) is 5.46. The van der Waals surface area contributed by atoms with E-state index in [1.807, 2.05) is 0 Å². The van der Waals surface area contributed by atoms with Crippen LogP contribution in [0.3, 0.4) is 0 Å². The SMILES string of the molecule is CC/C=C\C/C=C\C/C=C\C/C=C\CCCCC(=O)OC(COC(=O)CCCCCCC/C=C\CCCCCCCCC)COP(=O)(O)OC. The zero-order chi connectivity index (χ0) is 36.8. The van der Waals surface area contributed by atoms with Gasteiger partial charge in [0.05, 0.1) is 6.61 Å². The summed E-state index contributed by atoms with van der Waals surface area (Å²) >= 11 is 0. The van der Waals surface area contributed by atoms with Gasteiger partial charge in [-0.1, -0.05) is 132 Å². The lowest BCUT2D eigenvalue weighted by molar-refractivity contribution is -0.161. The Balaban J connectivity index is 4.14. The zero-order valence-corrected chi connectivity index (χ0v) is 32.7. The van der Waals surface area contributed by atoms with Crippen LogP contribution >= 0.6 is 7.82 Å². The monoisotopic (exact) mass is 722 g/mol. The van der Waals surface area contributed by atoms with Crippen LogP contribution < -0.4 is 0 Å². The van der Waals surface area contributed by atoms with E-state index in [0.717, 1.165) is 84.2 Å².